The Bertz CT molecular complexity index is 1130. The minimum atomic E-state index is 0.127. The first kappa shape index (κ1) is 20.0. The molecule has 156 valence electrons. The molecule has 0 spiro atoms. The van der Waals surface area contributed by atoms with Gasteiger partial charge in [0.1, 0.15) is 16.9 Å². The number of rotatable bonds is 7. The van der Waals surface area contributed by atoms with E-state index in [0.717, 1.165) is 39.5 Å². The third-order valence-electron chi connectivity index (χ3n) is 4.87. The summed E-state index contributed by atoms with van der Waals surface area (Å²) in [5.41, 5.74) is 5.30. The number of anilines is 1. The van der Waals surface area contributed by atoms with Crippen molar-refractivity contribution in [2.75, 3.05) is 18.5 Å². The van der Waals surface area contributed by atoms with E-state index in [1.807, 2.05) is 49.9 Å². The fourth-order valence-corrected chi connectivity index (χ4v) is 3.53. The first-order valence-corrected chi connectivity index (χ1v) is 10.3. The number of aliphatic imine (C=N–C) groups is 2. The monoisotopic (exact) mass is 405 g/mol. The number of amidine groups is 1. The van der Waals surface area contributed by atoms with Crippen molar-refractivity contribution in [1.82, 2.24) is 19.7 Å². The molecule has 3 aromatic heterocycles. The van der Waals surface area contributed by atoms with Gasteiger partial charge in [-0.25, -0.2) is 15.0 Å². The molecule has 0 radical (unpaired) electrons. The SMILES string of the molecule is CCOc1ncccc1-c1cc(NCC2=NC(C)C=N2)c2c(n1)c(C)nn2C(C)C. The van der Waals surface area contributed by atoms with E-state index in [2.05, 4.69) is 34.1 Å². The van der Waals surface area contributed by atoms with Crippen LogP contribution in [0.2, 0.25) is 0 Å². The van der Waals surface area contributed by atoms with Crippen molar-refractivity contribution >= 4 is 28.8 Å². The largest absolute Gasteiger partial charge is 0.477 e. The second-order valence-corrected chi connectivity index (χ2v) is 7.58. The first-order chi connectivity index (χ1) is 14.5. The van der Waals surface area contributed by atoms with Gasteiger partial charge in [-0.2, -0.15) is 5.10 Å². The number of pyridine rings is 2. The Labute approximate surface area is 176 Å². The Kier molecular flexibility index (Phi) is 5.48. The Morgan fingerprint density at radius 1 is 1.30 bits per heavy atom. The highest BCUT2D eigenvalue weighted by Gasteiger charge is 2.20. The van der Waals surface area contributed by atoms with E-state index in [-0.39, 0.29) is 12.1 Å². The number of hydrogen-bond donors (Lipinski definition) is 1. The molecule has 1 unspecified atom stereocenters. The molecular weight excluding hydrogens is 378 g/mol. The topological polar surface area (TPSA) is 89.6 Å². The summed E-state index contributed by atoms with van der Waals surface area (Å²) < 4.78 is 7.75. The number of fused-ring (bicyclic) bond motifs is 1. The maximum Gasteiger partial charge on any atom is 0.222 e. The molecule has 0 aliphatic carbocycles. The summed E-state index contributed by atoms with van der Waals surface area (Å²) in [5.74, 6) is 1.36. The van der Waals surface area contributed by atoms with E-state index in [0.29, 0.717) is 19.0 Å². The van der Waals surface area contributed by atoms with Crippen LogP contribution in [0.25, 0.3) is 22.3 Å². The number of nitrogens with zero attached hydrogens (tertiary/aromatic N) is 6. The van der Waals surface area contributed by atoms with E-state index >= 15 is 0 Å². The number of ether oxygens (including phenoxy) is 1. The molecule has 1 aliphatic heterocycles. The standard InChI is InChI=1S/C22H27N7O/c1-6-30-22-16(8-7-9-23-22)17-10-18(24-12-19-25-11-14(4)26-19)21-20(27-17)15(5)28-29(21)13(2)3/h7-11,13-14H,6,12H2,1-5H3,(H,24,27). The zero-order chi connectivity index (χ0) is 21.3. The molecule has 1 N–H and O–H groups in total. The van der Waals surface area contributed by atoms with Crippen molar-refractivity contribution in [3.63, 3.8) is 0 Å². The van der Waals surface area contributed by atoms with Crippen molar-refractivity contribution in [2.24, 2.45) is 9.98 Å². The molecule has 0 saturated carbocycles. The Morgan fingerprint density at radius 2 is 2.13 bits per heavy atom. The molecule has 1 aliphatic rings. The van der Waals surface area contributed by atoms with E-state index in [1.54, 1.807) is 6.20 Å². The van der Waals surface area contributed by atoms with Crippen LogP contribution in [0.4, 0.5) is 5.69 Å². The van der Waals surface area contributed by atoms with Gasteiger partial charge in [0, 0.05) is 18.5 Å². The third-order valence-corrected chi connectivity index (χ3v) is 4.87. The highest BCUT2D eigenvalue weighted by Crippen LogP contribution is 2.34. The van der Waals surface area contributed by atoms with Gasteiger partial charge < -0.3 is 10.1 Å². The number of nitrogens with one attached hydrogen (secondary N) is 1. The van der Waals surface area contributed by atoms with Gasteiger partial charge in [0.15, 0.2) is 0 Å². The average Bonchev–Trinajstić information content (AvgIpc) is 3.30. The van der Waals surface area contributed by atoms with Gasteiger partial charge in [-0.1, -0.05) is 0 Å². The molecule has 1 atom stereocenters. The molecule has 8 heteroatoms. The fourth-order valence-electron chi connectivity index (χ4n) is 3.53. The fraction of sp³-hybridized carbons (Fsp3) is 0.409. The molecular formula is C22H27N7O. The summed E-state index contributed by atoms with van der Waals surface area (Å²) in [5, 5.41) is 8.26. The van der Waals surface area contributed by atoms with Gasteiger partial charge in [-0.15, -0.1) is 0 Å². The van der Waals surface area contributed by atoms with Crippen LogP contribution in [0.1, 0.15) is 39.4 Å². The number of hydrogen-bond acceptors (Lipinski definition) is 7. The molecule has 30 heavy (non-hydrogen) atoms. The molecule has 0 bridgehead atoms. The Hall–Kier alpha value is -3.29. The lowest BCUT2D eigenvalue weighted by molar-refractivity contribution is 0.328. The minimum Gasteiger partial charge on any atom is -0.477 e. The van der Waals surface area contributed by atoms with Crippen LogP contribution in [0.5, 0.6) is 5.88 Å². The number of aromatic nitrogens is 4. The van der Waals surface area contributed by atoms with E-state index in [9.17, 15) is 0 Å². The van der Waals surface area contributed by atoms with Crippen LogP contribution in [0.15, 0.2) is 34.4 Å². The van der Waals surface area contributed by atoms with Crippen LogP contribution in [0.3, 0.4) is 0 Å². The molecule has 3 aromatic rings. The van der Waals surface area contributed by atoms with Gasteiger partial charge in [0.05, 0.1) is 41.8 Å². The summed E-state index contributed by atoms with van der Waals surface area (Å²) in [4.78, 5) is 18.2. The Morgan fingerprint density at radius 3 is 2.83 bits per heavy atom. The molecule has 0 saturated heterocycles. The summed E-state index contributed by atoms with van der Waals surface area (Å²) in [6.45, 7) is 11.3. The highest BCUT2D eigenvalue weighted by molar-refractivity contribution is 6.00. The molecule has 4 rings (SSSR count). The van der Waals surface area contributed by atoms with Gasteiger partial charge in [0.25, 0.3) is 0 Å². The minimum absolute atomic E-state index is 0.127. The summed E-state index contributed by atoms with van der Waals surface area (Å²) in [6.07, 6.45) is 3.59. The average molecular weight is 406 g/mol. The lowest BCUT2D eigenvalue weighted by Gasteiger charge is -2.14. The lowest BCUT2D eigenvalue weighted by atomic mass is 10.1. The summed E-state index contributed by atoms with van der Waals surface area (Å²) in [6, 6.07) is 6.23. The molecule has 8 nitrogen and oxygen atoms in total. The smallest absolute Gasteiger partial charge is 0.222 e. The maximum atomic E-state index is 5.74. The zero-order valence-corrected chi connectivity index (χ0v) is 18.0. The zero-order valence-electron chi connectivity index (χ0n) is 18.0. The predicted octanol–water partition coefficient (Wildman–Crippen LogP) is 4.06. The summed E-state index contributed by atoms with van der Waals surface area (Å²) >= 11 is 0. The van der Waals surface area contributed by atoms with Crippen molar-refractivity contribution in [3.05, 3.63) is 30.1 Å². The van der Waals surface area contributed by atoms with Gasteiger partial charge in [0.2, 0.25) is 5.88 Å². The van der Waals surface area contributed by atoms with Crippen LogP contribution < -0.4 is 10.1 Å². The second-order valence-electron chi connectivity index (χ2n) is 7.58. The summed E-state index contributed by atoms with van der Waals surface area (Å²) in [7, 11) is 0. The predicted molar refractivity (Wildman–Crippen MR) is 121 cm³/mol. The first-order valence-electron chi connectivity index (χ1n) is 10.3. The van der Waals surface area contributed by atoms with E-state index in [1.165, 1.54) is 0 Å². The highest BCUT2D eigenvalue weighted by atomic mass is 16.5. The third kappa shape index (κ3) is 3.77. The van der Waals surface area contributed by atoms with Gasteiger partial charge >= 0.3 is 0 Å². The van der Waals surface area contributed by atoms with E-state index < -0.39 is 0 Å². The van der Waals surface area contributed by atoms with Crippen molar-refractivity contribution < 1.29 is 4.74 Å². The quantitative estimate of drug-likeness (QED) is 0.640. The number of aryl methyl sites for hydroxylation is 1. The van der Waals surface area contributed by atoms with Crippen LogP contribution in [-0.2, 0) is 0 Å². The lowest BCUT2D eigenvalue weighted by Crippen LogP contribution is -2.13. The van der Waals surface area contributed by atoms with Gasteiger partial charge in [-0.3, -0.25) is 9.67 Å². The molecule has 0 fully saturated rings. The normalized spacial score (nSPS) is 15.8. The van der Waals surface area contributed by atoms with Crippen LogP contribution in [-0.4, -0.2) is 51.0 Å². The van der Waals surface area contributed by atoms with Crippen LogP contribution >= 0.6 is 0 Å². The van der Waals surface area contributed by atoms with Crippen molar-refractivity contribution in [2.45, 2.75) is 46.7 Å². The molecule has 0 amide bonds. The van der Waals surface area contributed by atoms with E-state index in [4.69, 9.17) is 14.8 Å². The van der Waals surface area contributed by atoms with Crippen molar-refractivity contribution in [3.8, 4) is 17.1 Å². The Balaban J connectivity index is 1.84. The second kappa shape index (κ2) is 8.22. The van der Waals surface area contributed by atoms with Crippen LogP contribution in [0, 0.1) is 6.92 Å². The van der Waals surface area contributed by atoms with Gasteiger partial charge in [-0.05, 0) is 52.8 Å². The maximum absolute atomic E-state index is 5.74. The molecule has 4 heterocycles. The van der Waals surface area contributed by atoms with Crippen molar-refractivity contribution in [1.29, 1.82) is 0 Å². The molecule has 0 aromatic carbocycles.